The van der Waals surface area contributed by atoms with Crippen molar-refractivity contribution >= 4 is 5.82 Å². The third kappa shape index (κ3) is 3.44. The molecule has 100 valence electrons. The van der Waals surface area contributed by atoms with Crippen molar-refractivity contribution in [3.8, 4) is 0 Å². The summed E-state index contributed by atoms with van der Waals surface area (Å²) >= 11 is 0. The van der Waals surface area contributed by atoms with Crippen molar-refractivity contribution in [1.29, 1.82) is 0 Å². The van der Waals surface area contributed by atoms with Crippen LogP contribution < -0.4 is 5.32 Å². The van der Waals surface area contributed by atoms with Crippen LogP contribution in [-0.2, 0) is 0 Å². The van der Waals surface area contributed by atoms with Crippen LogP contribution in [0.5, 0.6) is 0 Å². The second-order valence-corrected chi connectivity index (χ2v) is 5.60. The van der Waals surface area contributed by atoms with Crippen molar-refractivity contribution in [2.24, 2.45) is 5.92 Å². The van der Waals surface area contributed by atoms with Crippen LogP contribution in [-0.4, -0.2) is 16.0 Å². The average Bonchev–Trinajstić information content (AvgIpc) is 2.37. The molecule has 1 fully saturated rings. The van der Waals surface area contributed by atoms with Crippen molar-refractivity contribution in [2.75, 3.05) is 5.32 Å². The molecule has 0 saturated heterocycles. The van der Waals surface area contributed by atoms with Crippen LogP contribution in [0.4, 0.5) is 5.82 Å². The van der Waals surface area contributed by atoms with Crippen molar-refractivity contribution in [3.63, 3.8) is 0 Å². The zero-order valence-electron chi connectivity index (χ0n) is 11.9. The van der Waals surface area contributed by atoms with E-state index in [4.69, 9.17) is 0 Å². The van der Waals surface area contributed by atoms with E-state index < -0.39 is 0 Å². The minimum absolute atomic E-state index is 0.591. The van der Waals surface area contributed by atoms with Crippen molar-refractivity contribution in [3.05, 3.63) is 17.6 Å². The Balaban J connectivity index is 1.89. The quantitative estimate of drug-likeness (QED) is 0.877. The van der Waals surface area contributed by atoms with Crippen LogP contribution in [0.1, 0.15) is 56.8 Å². The first-order chi connectivity index (χ1) is 8.69. The fourth-order valence-electron chi connectivity index (χ4n) is 2.87. The van der Waals surface area contributed by atoms with Gasteiger partial charge in [0.2, 0.25) is 0 Å². The van der Waals surface area contributed by atoms with Gasteiger partial charge in [0.25, 0.3) is 0 Å². The molecule has 0 unspecified atom stereocenters. The van der Waals surface area contributed by atoms with E-state index in [0.29, 0.717) is 6.04 Å². The first-order valence-electron chi connectivity index (χ1n) is 7.25. The van der Waals surface area contributed by atoms with Crippen molar-refractivity contribution in [2.45, 2.75) is 65.3 Å². The monoisotopic (exact) mass is 247 g/mol. The molecule has 1 aromatic rings. The number of aryl methyl sites for hydroxylation is 2. The molecule has 1 N–H and O–H groups in total. The number of rotatable bonds is 4. The van der Waals surface area contributed by atoms with E-state index in [0.717, 1.165) is 23.1 Å². The SMILES string of the molecule is CCCC1CCC(Nc2nc(C)cnc2C)CC1. The van der Waals surface area contributed by atoms with E-state index in [1.165, 1.54) is 38.5 Å². The number of nitrogens with zero attached hydrogens (tertiary/aromatic N) is 2. The summed E-state index contributed by atoms with van der Waals surface area (Å²) in [7, 11) is 0. The second-order valence-electron chi connectivity index (χ2n) is 5.60. The lowest BCUT2D eigenvalue weighted by Crippen LogP contribution is -2.27. The predicted molar refractivity (Wildman–Crippen MR) is 75.8 cm³/mol. The van der Waals surface area contributed by atoms with Gasteiger partial charge in [0.05, 0.1) is 11.4 Å². The van der Waals surface area contributed by atoms with E-state index in [9.17, 15) is 0 Å². The third-order valence-electron chi connectivity index (χ3n) is 3.96. The van der Waals surface area contributed by atoms with E-state index >= 15 is 0 Å². The summed E-state index contributed by atoms with van der Waals surface area (Å²) in [4.78, 5) is 8.91. The smallest absolute Gasteiger partial charge is 0.147 e. The zero-order chi connectivity index (χ0) is 13.0. The van der Waals surface area contributed by atoms with Crippen LogP contribution in [0, 0.1) is 19.8 Å². The molecule has 3 nitrogen and oxygen atoms in total. The molecule has 1 aliphatic carbocycles. The van der Waals surface area contributed by atoms with Gasteiger partial charge in [-0.05, 0) is 45.4 Å². The second kappa shape index (κ2) is 6.17. The molecule has 18 heavy (non-hydrogen) atoms. The maximum Gasteiger partial charge on any atom is 0.147 e. The average molecular weight is 247 g/mol. The van der Waals surface area contributed by atoms with Gasteiger partial charge in [-0.25, -0.2) is 4.98 Å². The summed E-state index contributed by atoms with van der Waals surface area (Å²) in [5, 5.41) is 3.58. The summed E-state index contributed by atoms with van der Waals surface area (Å²) < 4.78 is 0. The molecule has 0 aliphatic heterocycles. The fraction of sp³-hybridized carbons (Fsp3) is 0.733. The van der Waals surface area contributed by atoms with Gasteiger partial charge in [0.15, 0.2) is 0 Å². The molecule has 0 bridgehead atoms. The number of nitrogens with one attached hydrogen (secondary N) is 1. The number of hydrogen-bond donors (Lipinski definition) is 1. The van der Waals surface area contributed by atoms with Crippen LogP contribution in [0.15, 0.2) is 6.20 Å². The molecule has 1 heterocycles. The third-order valence-corrected chi connectivity index (χ3v) is 3.96. The Morgan fingerprint density at radius 1 is 1.22 bits per heavy atom. The molecule has 3 heteroatoms. The van der Waals surface area contributed by atoms with Gasteiger partial charge in [-0.1, -0.05) is 19.8 Å². The van der Waals surface area contributed by atoms with E-state index in [1.54, 1.807) is 0 Å². The summed E-state index contributed by atoms with van der Waals surface area (Å²) in [5.74, 6) is 1.94. The predicted octanol–water partition coefficient (Wildman–Crippen LogP) is 3.86. The van der Waals surface area contributed by atoms with Gasteiger partial charge >= 0.3 is 0 Å². The molecule has 1 saturated carbocycles. The first-order valence-corrected chi connectivity index (χ1v) is 7.25. The van der Waals surface area contributed by atoms with E-state index in [2.05, 4.69) is 22.2 Å². The minimum atomic E-state index is 0.591. The standard InChI is InChI=1S/C15H25N3/c1-4-5-13-6-8-14(9-7-13)18-15-12(3)16-10-11(2)17-15/h10,13-14H,4-9H2,1-3H3,(H,17,18). The highest BCUT2D eigenvalue weighted by Crippen LogP contribution is 2.29. The summed E-state index contributed by atoms with van der Waals surface area (Å²) in [5.41, 5.74) is 2.00. The number of anilines is 1. The van der Waals surface area contributed by atoms with Crippen LogP contribution in [0.2, 0.25) is 0 Å². The summed E-state index contributed by atoms with van der Waals surface area (Å²) in [6.45, 7) is 6.31. The zero-order valence-corrected chi connectivity index (χ0v) is 11.9. The van der Waals surface area contributed by atoms with Gasteiger partial charge in [-0.3, -0.25) is 4.98 Å². The van der Waals surface area contributed by atoms with E-state index in [1.807, 2.05) is 20.0 Å². The fourth-order valence-corrected chi connectivity index (χ4v) is 2.87. The van der Waals surface area contributed by atoms with Crippen molar-refractivity contribution < 1.29 is 0 Å². The summed E-state index contributed by atoms with van der Waals surface area (Å²) in [6.07, 6.45) is 9.84. The normalized spacial score (nSPS) is 23.9. The minimum Gasteiger partial charge on any atom is -0.366 e. The highest BCUT2D eigenvalue weighted by molar-refractivity contribution is 5.40. The molecule has 0 spiro atoms. The Bertz CT molecular complexity index is 381. The van der Waals surface area contributed by atoms with Gasteiger partial charge in [-0.15, -0.1) is 0 Å². The lowest BCUT2D eigenvalue weighted by Gasteiger charge is -2.29. The first kappa shape index (κ1) is 13.3. The van der Waals surface area contributed by atoms with E-state index in [-0.39, 0.29) is 0 Å². The van der Waals surface area contributed by atoms with Gasteiger partial charge < -0.3 is 5.32 Å². The maximum atomic E-state index is 4.55. The molecule has 2 rings (SSSR count). The molecule has 0 aromatic carbocycles. The molecule has 0 atom stereocenters. The molecule has 1 aromatic heterocycles. The van der Waals surface area contributed by atoms with Crippen LogP contribution >= 0.6 is 0 Å². The topological polar surface area (TPSA) is 37.8 Å². The molecule has 0 radical (unpaired) electrons. The maximum absolute atomic E-state index is 4.55. The number of aromatic nitrogens is 2. The van der Waals surface area contributed by atoms with Gasteiger partial charge in [0.1, 0.15) is 5.82 Å². The molecule has 0 amide bonds. The molecular formula is C15H25N3. The Kier molecular flexibility index (Phi) is 4.56. The highest BCUT2D eigenvalue weighted by Gasteiger charge is 2.21. The molecule has 1 aliphatic rings. The lowest BCUT2D eigenvalue weighted by atomic mass is 9.83. The summed E-state index contributed by atoms with van der Waals surface area (Å²) in [6, 6.07) is 0.591. The largest absolute Gasteiger partial charge is 0.366 e. The Morgan fingerprint density at radius 2 is 1.94 bits per heavy atom. The molecular weight excluding hydrogens is 222 g/mol. The highest BCUT2D eigenvalue weighted by atomic mass is 15.0. The Morgan fingerprint density at radius 3 is 2.61 bits per heavy atom. The van der Waals surface area contributed by atoms with Gasteiger partial charge in [-0.2, -0.15) is 0 Å². The Hall–Kier alpha value is -1.12. The van der Waals surface area contributed by atoms with Crippen molar-refractivity contribution in [1.82, 2.24) is 9.97 Å². The lowest BCUT2D eigenvalue weighted by molar-refractivity contribution is 0.318. The van der Waals surface area contributed by atoms with Gasteiger partial charge in [0, 0.05) is 12.2 Å². The number of hydrogen-bond acceptors (Lipinski definition) is 3. The Labute approximate surface area is 110 Å². The van der Waals surface area contributed by atoms with Crippen LogP contribution in [0.3, 0.4) is 0 Å². The van der Waals surface area contributed by atoms with Crippen LogP contribution in [0.25, 0.3) is 0 Å².